The van der Waals surface area contributed by atoms with Crippen molar-refractivity contribution in [3.8, 4) is 23.0 Å². The molecular formula is C48H68Cl4N8O8. The lowest BCUT2D eigenvalue weighted by molar-refractivity contribution is -0.115. The average molecular weight is 1030 g/mol. The van der Waals surface area contributed by atoms with Crippen molar-refractivity contribution in [3.63, 3.8) is 0 Å². The minimum Gasteiger partial charge on any atom is -0.493 e. The van der Waals surface area contributed by atoms with Crippen LogP contribution in [0.2, 0.25) is 0 Å². The summed E-state index contributed by atoms with van der Waals surface area (Å²) in [5, 5.41) is 11.8. The maximum Gasteiger partial charge on any atom is 0.238 e. The van der Waals surface area contributed by atoms with Crippen molar-refractivity contribution in [2.24, 2.45) is 22.9 Å². The smallest absolute Gasteiger partial charge is 0.238 e. The van der Waals surface area contributed by atoms with E-state index >= 15 is 0 Å². The summed E-state index contributed by atoms with van der Waals surface area (Å²) in [6.07, 6.45) is 3.81. The van der Waals surface area contributed by atoms with Crippen LogP contribution in [0.1, 0.15) is 97.9 Å². The van der Waals surface area contributed by atoms with Crippen LogP contribution in [0.15, 0.2) is 48.5 Å². The van der Waals surface area contributed by atoms with Crippen molar-refractivity contribution in [2.45, 2.75) is 79.1 Å². The van der Waals surface area contributed by atoms with Crippen molar-refractivity contribution in [3.05, 3.63) is 93.0 Å². The largest absolute Gasteiger partial charge is 0.493 e. The zero-order valence-corrected chi connectivity index (χ0v) is 42.4. The standard InChI is InChI=1S/C48H64N8O8.4ClH/c1-5-9-61-45-29-13-31-19-38(54-42(58)26-50)21-33(46(31)62-10-6-2)15-35-23-40(56-44(60)28-52)24-36(48(35)64-12-8-4)16-34-22-39(55-43(59)27-51)20-32(47(34)63-11-7-3)14-30(45)18-37(17-29)53-41(57)25-49;;;;/h17-24H,5-16,25-28,49-52H2,1-4H3,(H,53,57)(H,54,58)(H,55,59)(H,56,60);4*1H. The van der Waals surface area contributed by atoms with Gasteiger partial charge in [0.25, 0.3) is 0 Å². The number of benzene rings is 4. The number of fused-ring (bicyclic) bond motifs is 8. The third-order valence-electron chi connectivity index (χ3n) is 10.2. The number of carbonyl (C=O) groups is 4. The first kappa shape index (κ1) is 61.0. The van der Waals surface area contributed by atoms with Crippen LogP contribution in [0.25, 0.3) is 0 Å². The molecule has 0 spiro atoms. The fourth-order valence-corrected chi connectivity index (χ4v) is 7.58. The molecule has 0 atom stereocenters. The van der Waals surface area contributed by atoms with E-state index in [1.54, 1.807) is 0 Å². The molecule has 16 nitrogen and oxygen atoms in total. The van der Waals surface area contributed by atoms with Gasteiger partial charge in [-0.15, -0.1) is 49.6 Å². The minimum atomic E-state index is -0.382. The SMILES string of the molecule is CCCOc1c2cc(NC(=O)CN)cc1Cc1cc(NC(=O)CN)cc(c1OCCC)Cc1cc(NC(=O)CN)cc(c1OCCC)Cc1cc(NC(=O)CN)cc(c1OCCC)C2.Cl.Cl.Cl.Cl. The molecule has 12 N–H and O–H groups in total. The van der Waals surface area contributed by atoms with Crippen LogP contribution in [-0.2, 0) is 44.9 Å². The van der Waals surface area contributed by atoms with Gasteiger partial charge in [0.05, 0.1) is 52.6 Å². The number of nitrogens with one attached hydrogen (secondary N) is 4. The molecule has 0 fully saturated rings. The maximum atomic E-state index is 12.9. The Morgan fingerprint density at radius 2 is 0.529 bits per heavy atom. The fourth-order valence-electron chi connectivity index (χ4n) is 7.58. The summed E-state index contributed by atoms with van der Waals surface area (Å²) in [6.45, 7) is 8.71. The highest BCUT2D eigenvalue weighted by atomic mass is 35.5. The summed E-state index contributed by atoms with van der Waals surface area (Å²) in [4.78, 5) is 51.6. The van der Waals surface area contributed by atoms with Crippen LogP contribution in [0.4, 0.5) is 22.7 Å². The number of hydrogen-bond donors (Lipinski definition) is 8. The van der Waals surface area contributed by atoms with E-state index in [0.717, 1.165) is 44.5 Å². The average Bonchev–Trinajstić information content (AvgIpc) is 3.27. The third kappa shape index (κ3) is 16.6. The third-order valence-corrected chi connectivity index (χ3v) is 10.2. The van der Waals surface area contributed by atoms with Gasteiger partial charge in [0.2, 0.25) is 23.6 Å². The minimum absolute atomic E-state index is 0. The number of nitrogens with two attached hydrogens (primary N) is 4. The van der Waals surface area contributed by atoms with E-state index in [-0.39, 0.29) is 125 Å². The van der Waals surface area contributed by atoms with Crippen molar-refractivity contribution in [2.75, 3.05) is 73.9 Å². The predicted molar refractivity (Wildman–Crippen MR) is 280 cm³/mol. The van der Waals surface area contributed by atoms with Crippen LogP contribution >= 0.6 is 49.6 Å². The normalized spacial score (nSPS) is 11.2. The summed E-state index contributed by atoms with van der Waals surface area (Å²) in [6, 6.07) is 14.9. The summed E-state index contributed by atoms with van der Waals surface area (Å²) in [5.74, 6) is 0.856. The second kappa shape index (κ2) is 30.4. The van der Waals surface area contributed by atoms with Gasteiger partial charge in [-0.3, -0.25) is 19.2 Å². The van der Waals surface area contributed by atoms with Crippen LogP contribution < -0.4 is 63.1 Å². The lowest BCUT2D eigenvalue weighted by Gasteiger charge is -2.25. The summed E-state index contributed by atoms with van der Waals surface area (Å²) < 4.78 is 26.6. The van der Waals surface area contributed by atoms with E-state index in [0.29, 0.717) is 97.9 Å². The molecule has 376 valence electrons. The molecule has 1 aliphatic carbocycles. The lowest BCUT2D eigenvalue weighted by Crippen LogP contribution is -2.23. The molecule has 0 unspecified atom stereocenters. The van der Waals surface area contributed by atoms with Crippen molar-refractivity contribution in [1.82, 2.24) is 0 Å². The maximum absolute atomic E-state index is 12.9. The van der Waals surface area contributed by atoms with E-state index in [4.69, 9.17) is 41.9 Å². The van der Waals surface area contributed by atoms with Crippen LogP contribution in [-0.4, -0.2) is 76.2 Å². The second-order valence-corrected chi connectivity index (χ2v) is 15.6. The Hall–Kier alpha value is -5.04. The van der Waals surface area contributed by atoms with Gasteiger partial charge >= 0.3 is 0 Å². The number of carbonyl (C=O) groups excluding carboxylic acids is 4. The Labute approximate surface area is 424 Å². The highest BCUT2D eigenvalue weighted by Crippen LogP contribution is 2.43. The van der Waals surface area contributed by atoms with Gasteiger partial charge in [0.15, 0.2) is 0 Å². The first-order valence-electron chi connectivity index (χ1n) is 22.1. The molecular weight excluding hydrogens is 958 g/mol. The van der Waals surface area contributed by atoms with Crippen molar-refractivity contribution >= 4 is 96.0 Å². The molecule has 0 heterocycles. The Morgan fingerprint density at radius 3 is 0.662 bits per heavy atom. The zero-order valence-electron chi connectivity index (χ0n) is 39.1. The van der Waals surface area contributed by atoms with Crippen LogP contribution in [0.3, 0.4) is 0 Å². The number of halogens is 4. The first-order valence-corrected chi connectivity index (χ1v) is 22.1. The molecule has 0 aromatic heterocycles. The predicted octanol–water partition coefficient (Wildman–Crippen LogP) is 6.79. The van der Waals surface area contributed by atoms with E-state index < -0.39 is 0 Å². The van der Waals surface area contributed by atoms with Crippen molar-refractivity contribution in [1.29, 1.82) is 0 Å². The number of hydrogen-bond acceptors (Lipinski definition) is 12. The molecule has 4 aromatic carbocycles. The second-order valence-electron chi connectivity index (χ2n) is 15.6. The fraction of sp³-hybridized carbons (Fsp3) is 0.417. The van der Waals surface area contributed by atoms with E-state index in [2.05, 4.69) is 21.3 Å². The molecule has 0 saturated heterocycles. The van der Waals surface area contributed by atoms with Crippen LogP contribution in [0, 0.1) is 0 Å². The van der Waals surface area contributed by atoms with Gasteiger partial charge in [-0.25, -0.2) is 0 Å². The first-order chi connectivity index (χ1) is 31.0. The summed E-state index contributed by atoms with van der Waals surface area (Å²) >= 11 is 0. The Bertz CT molecular complexity index is 1910. The number of amides is 4. The monoisotopic (exact) mass is 1020 g/mol. The van der Waals surface area contributed by atoms with E-state index in [1.807, 2.05) is 76.2 Å². The molecule has 0 radical (unpaired) electrons. The number of rotatable bonds is 20. The van der Waals surface area contributed by atoms with E-state index in [1.165, 1.54) is 0 Å². The van der Waals surface area contributed by atoms with E-state index in [9.17, 15) is 19.2 Å². The highest BCUT2D eigenvalue weighted by Gasteiger charge is 2.25. The van der Waals surface area contributed by atoms with Gasteiger partial charge in [0.1, 0.15) is 23.0 Å². The molecule has 68 heavy (non-hydrogen) atoms. The molecule has 0 aliphatic heterocycles. The molecule has 4 aromatic rings. The van der Waals surface area contributed by atoms with Gasteiger partial charge in [-0.1, -0.05) is 27.7 Å². The quantitative estimate of drug-likeness (QED) is 0.0401. The zero-order chi connectivity index (χ0) is 46.2. The molecule has 5 rings (SSSR count). The number of ether oxygens (including phenoxy) is 4. The lowest BCUT2D eigenvalue weighted by atomic mass is 9.90. The molecule has 1 aliphatic rings. The summed E-state index contributed by atoms with van der Waals surface area (Å²) in [5.41, 5.74) is 31.0. The Balaban J connectivity index is 0.00000578. The highest BCUT2D eigenvalue weighted by molar-refractivity contribution is 5.95. The van der Waals surface area contributed by atoms with Gasteiger partial charge in [0, 0.05) is 92.9 Å². The topological polar surface area (TPSA) is 257 Å². The molecule has 8 bridgehead atoms. The molecule has 20 heteroatoms. The Morgan fingerprint density at radius 1 is 0.368 bits per heavy atom. The van der Waals surface area contributed by atoms with Gasteiger partial charge in [-0.2, -0.15) is 0 Å². The number of anilines is 4. The van der Waals surface area contributed by atoms with Crippen molar-refractivity contribution < 1.29 is 38.1 Å². The molecule has 0 saturated carbocycles. The van der Waals surface area contributed by atoms with Gasteiger partial charge in [-0.05, 0) is 74.2 Å². The van der Waals surface area contributed by atoms with Gasteiger partial charge < -0.3 is 63.1 Å². The molecule has 4 amide bonds. The summed E-state index contributed by atoms with van der Waals surface area (Å²) in [7, 11) is 0. The van der Waals surface area contributed by atoms with Crippen LogP contribution in [0.5, 0.6) is 23.0 Å². The Kier molecular flexibility index (Phi) is 27.3.